The largest absolute Gasteiger partial charge is 0.113 e. The molecule has 0 aromatic heterocycles. The lowest BCUT2D eigenvalue weighted by Gasteiger charge is -2.12. The van der Waals surface area contributed by atoms with Gasteiger partial charge in [-0.15, -0.1) is 23.2 Å². The minimum absolute atomic E-state index is 0.133. The van der Waals surface area contributed by atoms with Crippen molar-refractivity contribution in [2.24, 2.45) is 0 Å². The Morgan fingerprint density at radius 3 is 1.31 bits per heavy atom. The summed E-state index contributed by atoms with van der Waals surface area (Å²) in [7, 11) is 0. The molecule has 0 saturated carbocycles. The Balaban J connectivity index is 1.45. The van der Waals surface area contributed by atoms with Crippen LogP contribution >= 0.6 is 23.2 Å². The lowest BCUT2D eigenvalue weighted by Crippen LogP contribution is -1.94. The summed E-state index contributed by atoms with van der Waals surface area (Å²) in [6, 6.07) is 33.7. The molecular weight excluding hydrogens is 395 g/mol. The number of fused-ring (bicyclic) bond motifs is 3. The molecule has 4 aromatic carbocycles. The van der Waals surface area contributed by atoms with Crippen molar-refractivity contribution in [1.29, 1.82) is 0 Å². The Morgan fingerprint density at radius 2 is 0.897 bits per heavy atom. The van der Waals surface area contributed by atoms with Crippen LogP contribution in [0.15, 0.2) is 97.1 Å². The van der Waals surface area contributed by atoms with Gasteiger partial charge in [0.15, 0.2) is 0 Å². The molecule has 0 amide bonds. The minimum atomic E-state index is -0.133. The Labute approximate surface area is 181 Å². The number of halogens is 2. The highest BCUT2D eigenvalue weighted by Crippen LogP contribution is 2.41. The van der Waals surface area contributed by atoms with E-state index in [-0.39, 0.29) is 10.8 Å². The smallest absolute Gasteiger partial charge is 0.0835 e. The van der Waals surface area contributed by atoms with Gasteiger partial charge >= 0.3 is 0 Å². The summed E-state index contributed by atoms with van der Waals surface area (Å²) in [6.45, 7) is 0. The third-order valence-electron chi connectivity index (χ3n) is 5.70. The number of hydrogen-bond acceptors (Lipinski definition) is 0. The summed E-state index contributed by atoms with van der Waals surface area (Å²) in [6.07, 6.45) is 0.920. The molecular formula is C27H20Cl2. The van der Waals surface area contributed by atoms with Crippen molar-refractivity contribution in [1.82, 2.24) is 0 Å². The lowest BCUT2D eigenvalue weighted by molar-refractivity contribution is 1.11. The quantitative estimate of drug-likeness (QED) is 0.262. The van der Waals surface area contributed by atoms with Crippen LogP contribution in [0.1, 0.15) is 44.1 Å². The molecule has 2 heteroatoms. The molecule has 0 radical (unpaired) electrons. The first-order chi connectivity index (χ1) is 14.2. The van der Waals surface area contributed by atoms with Crippen molar-refractivity contribution in [3.05, 3.63) is 130 Å². The van der Waals surface area contributed by atoms with E-state index < -0.39 is 0 Å². The third kappa shape index (κ3) is 3.48. The molecule has 0 aliphatic heterocycles. The fourth-order valence-corrected chi connectivity index (χ4v) is 4.76. The molecule has 142 valence electrons. The van der Waals surface area contributed by atoms with Gasteiger partial charge < -0.3 is 0 Å². The van der Waals surface area contributed by atoms with Gasteiger partial charge in [0.25, 0.3) is 0 Å². The second-order valence-electron chi connectivity index (χ2n) is 7.56. The summed E-state index contributed by atoms with van der Waals surface area (Å²) >= 11 is 13.5. The molecule has 0 heterocycles. The summed E-state index contributed by atoms with van der Waals surface area (Å²) in [4.78, 5) is 0. The highest BCUT2D eigenvalue weighted by molar-refractivity contribution is 6.23. The van der Waals surface area contributed by atoms with Crippen LogP contribution in [0, 0.1) is 0 Å². The molecule has 2 atom stereocenters. The minimum Gasteiger partial charge on any atom is -0.113 e. The topological polar surface area (TPSA) is 0 Å². The van der Waals surface area contributed by atoms with Crippen molar-refractivity contribution < 1.29 is 0 Å². The molecule has 0 saturated heterocycles. The van der Waals surface area contributed by atoms with Gasteiger partial charge in [0.1, 0.15) is 0 Å². The molecule has 5 rings (SSSR count). The van der Waals surface area contributed by atoms with Crippen LogP contribution in [0.25, 0.3) is 11.1 Å². The second kappa shape index (κ2) is 7.71. The maximum absolute atomic E-state index is 6.76. The van der Waals surface area contributed by atoms with E-state index in [9.17, 15) is 0 Å². The molecule has 0 bridgehead atoms. The predicted molar refractivity (Wildman–Crippen MR) is 123 cm³/mol. The van der Waals surface area contributed by atoms with Gasteiger partial charge in [-0.1, -0.05) is 97.1 Å². The monoisotopic (exact) mass is 414 g/mol. The zero-order valence-corrected chi connectivity index (χ0v) is 17.4. The van der Waals surface area contributed by atoms with Gasteiger partial charge in [0, 0.05) is 0 Å². The molecule has 0 N–H and O–H groups in total. The maximum atomic E-state index is 6.76. The average Bonchev–Trinajstić information content (AvgIpc) is 3.16. The van der Waals surface area contributed by atoms with Gasteiger partial charge in [-0.05, 0) is 50.9 Å². The number of rotatable bonds is 4. The highest BCUT2D eigenvalue weighted by atomic mass is 35.5. The van der Waals surface area contributed by atoms with Crippen LogP contribution in [-0.2, 0) is 6.42 Å². The molecule has 1 aliphatic carbocycles. The predicted octanol–water partition coefficient (Wildman–Crippen LogP) is 7.91. The van der Waals surface area contributed by atoms with E-state index in [4.69, 9.17) is 23.2 Å². The number of benzene rings is 4. The molecule has 4 aromatic rings. The molecule has 0 spiro atoms. The molecule has 1 aliphatic rings. The Kier molecular flexibility index (Phi) is 4.91. The average molecular weight is 415 g/mol. The molecule has 29 heavy (non-hydrogen) atoms. The van der Waals surface area contributed by atoms with E-state index in [1.54, 1.807) is 0 Å². The van der Waals surface area contributed by atoms with Crippen molar-refractivity contribution in [3.63, 3.8) is 0 Å². The van der Waals surface area contributed by atoms with E-state index in [0.29, 0.717) is 0 Å². The number of alkyl halides is 2. The first-order valence-electron chi connectivity index (χ1n) is 9.85. The standard InChI is InChI=1S/C27H20Cl2/c28-26(18-7-3-1-4-8-18)20-11-13-24-22(15-20)17-23-16-21(12-14-25(23)24)27(29)19-9-5-2-6-10-19/h1-16,26-27H,17H2. The van der Waals surface area contributed by atoms with Gasteiger partial charge in [-0.3, -0.25) is 0 Å². The molecule has 0 nitrogen and oxygen atoms in total. The fraction of sp³-hybridized carbons (Fsp3) is 0.111. The first kappa shape index (κ1) is 18.5. The molecule has 0 fully saturated rings. The van der Waals surface area contributed by atoms with E-state index in [0.717, 1.165) is 28.7 Å². The summed E-state index contributed by atoms with van der Waals surface area (Å²) in [5, 5.41) is -0.267. The van der Waals surface area contributed by atoms with Crippen LogP contribution in [0.2, 0.25) is 0 Å². The van der Waals surface area contributed by atoms with E-state index in [1.807, 2.05) is 36.4 Å². The van der Waals surface area contributed by atoms with Crippen LogP contribution in [0.4, 0.5) is 0 Å². The zero-order valence-electron chi connectivity index (χ0n) is 15.9. The van der Waals surface area contributed by atoms with E-state index >= 15 is 0 Å². The van der Waals surface area contributed by atoms with Crippen molar-refractivity contribution in [2.45, 2.75) is 17.2 Å². The van der Waals surface area contributed by atoms with E-state index in [2.05, 4.69) is 60.7 Å². The van der Waals surface area contributed by atoms with Crippen LogP contribution in [0.5, 0.6) is 0 Å². The lowest BCUT2D eigenvalue weighted by atomic mass is 9.98. The van der Waals surface area contributed by atoms with Gasteiger partial charge in [-0.2, -0.15) is 0 Å². The van der Waals surface area contributed by atoms with Gasteiger partial charge in [0.2, 0.25) is 0 Å². The fourth-order valence-electron chi connectivity index (χ4n) is 4.19. The summed E-state index contributed by atoms with van der Waals surface area (Å²) in [5.74, 6) is 0. The van der Waals surface area contributed by atoms with Crippen LogP contribution in [-0.4, -0.2) is 0 Å². The summed E-state index contributed by atoms with van der Waals surface area (Å²) < 4.78 is 0. The van der Waals surface area contributed by atoms with E-state index in [1.165, 1.54) is 22.3 Å². The third-order valence-corrected chi connectivity index (χ3v) is 6.71. The van der Waals surface area contributed by atoms with Gasteiger partial charge in [-0.25, -0.2) is 0 Å². The Bertz CT molecular complexity index is 1060. The summed E-state index contributed by atoms with van der Waals surface area (Å²) in [5.41, 5.74) is 9.81. The van der Waals surface area contributed by atoms with Crippen molar-refractivity contribution >= 4 is 23.2 Å². The normalized spacial score (nSPS) is 14.1. The number of hydrogen-bond donors (Lipinski definition) is 0. The molecule has 2 unspecified atom stereocenters. The Hall–Kier alpha value is -2.54. The van der Waals surface area contributed by atoms with Crippen LogP contribution < -0.4 is 0 Å². The van der Waals surface area contributed by atoms with Crippen molar-refractivity contribution in [3.8, 4) is 11.1 Å². The van der Waals surface area contributed by atoms with Gasteiger partial charge in [0.05, 0.1) is 10.8 Å². The second-order valence-corrected chi connectivity index (χ2v) is 8.43. The maximum Gasteiger partial charge on any atom is 0.0835 e. The van der Waals surface area contributed by atoms with Crippen LogP contribution in [0.3, 0.4) is 0 Å². The highest BCUT2D eigenvalue weighted by Gasteiger charge is 2.22. The SMILES string of the molecule is ClC(c1ccccc1)c1ccc2c(c1)Cc1cc(C(Cl)c3ccccc3)ccc1-2. The van der Waals surface area contributed by atoms with Crippen molar-refractivity contribution in [2.75, 3.05) is 0 Å². The Morgan fingerprint density at radius 1 is 0.483 bits per heavy atom. The first-order valence-corrected chi connectivity index (χ1v) is 10.7. The zero-order chi connectivity index (χ0) is 19.8.